The molecular weight excluding hydrogens is 438 g/mol. The fourth-order valence-corrected chi connectivity index (χ4v) is 4.41. The molecule has 0 aromatic heterocycles. The Kier molecular flexibility index (Phi) is 6.10. The second kappa shape index (κ2) is 9.01. The minimum absolute atomic E-state index is 0.292. The number of allylic oxidation sites excluding steroid dienone is 2. The summed E-state index contributed by atoms with van der Waals surface area (Å²) < 4.78 is 0. The largest absolute Gasteiger partial charge is 0.292 e. The molecule has 9 heteroatoms. The highest BCUT2D eigenvalue weighted by Gasteiger charge is 2.52. The van der Waals surface area contributed by atoms with Gasteiger partial charge in [0.2, 0.25) is 0 Å². The number of hydrogen-bond acceptors (Lipinski definition) is 6. The molecule has 4 rings (SSSR count). The third kappa shape index (κ3) is 4.12. The highest BCUT2D eigenvalue weighted by molar-refractivity contribution is 6.10. The molecule has 3 amide bonds. The smallest absolute Gasteiger partial charge is 0.282 e. The van der Waals surface area contributed by atoms with Crippen LogP contribution in [0.4, 0.5) is 5.69 Å². The van der Waals surface area contributed by atoms with Crippen LogP contribution < -0.4 is 0 Å². The lowest BCUT2D eigenvalue weighted by Crippen LogP contribution is -2.52. The van der Waals surface area contributed by atoms with Crippen LogP contribution in [-0.4, -0.2) is 45.0 Å². The Bertz CT molecular complexity index is 1230. The van der Waals surface area contributed by atoms with E-state index in [1.165, 1.54) is 18.2 Å². The molecule has 1 aliphatic carbocycles. The number of fused-ring (bicyclic) bond motifs is 1. The van der Waals surface area contributed by atoms with Gasteiger partial charge in [0.15, 0.2) is 5.78 Å². The molecule has 1 aliphatic heterocycles. The van der Waals surface area contributed by atoms with Crippen molar-refractivity contribution in [1.82, 2.24) is 10.0 Å². The first-order valence-corrected chi connectivity index (χ1v) is 10.9. The number of aryl methyl sites for hydroxylation is 1. The van der Waals surface area contributed by atoms with E-state index in [4.69, 9.17) is 0 Å². The second-order valence-corrected chi connectivity index (χ2v) is 8.62. The molecule has 1 saturated heterocycles. The Morgan fingerprint density at radius 2 is 1.68 bits per heavy atom. The van der Waals surface area contributed by atoms with Crippen molar-refractivity contribution >= 4 is 29.2 Å². The molecule has 1 heterocycles. The Balaban J connectivity index is 1.74. The first kappa shape index (κ1) is 23.0. The van der Waals surface area contributed by atoms with Crippen molar-refractivity contribution in [3.05, 3.63) is 87.0 Å². The zero-order chi connectivity index (χ0) is 24.6. The fraction of sp³-hybridized carbons (Fsp3) is 0.280. The number of Topliss-reactive ketones (excluding diaryl/α,β-unsaturated/α-hetero) is 1. The summed E-state index contributed by atoms with van der Waals surface area (Å²) in [7, 11) is 0. The molecule has 1 fully saturated rings. The lowest BCUT2D eigenvalue weighted by Gasteiger charge is -2.30. The predicted octanol–water partition coefficient (Wildman–Crippen LogP) is 3.48. The topological polar surface area (TPSA) is 118 Å². The summed E-state index contributed by atoms with van der Waals surface area (Å²) in [5, 5.41) is 13.0. The van der Waals surface area contributed by atoms with Crippen molar-refractivity contribution in [3.63, 3.8) is 0 Å². The molecule has 34 heavy (non-hydrogen) atoms. The molecule has 0 spiro atoms. The molecule has 0 saturated carbocycles. The number of nitro benzene ring substituents is 1. The number of hydrogen-bond donors (Lipinski definition) is 0. The van der Waals surface area contributed by atoms with E-state index in [0.29, 0.717) is 18.4 Å². The molecule has 2 atom stereocenters. The number of rotatable bonds is 6. The van der Waals surface area contributed by atoms with Crippen LogP contribution in [0.15, 0.2) is 60.2 Å². The number of ketones is 1. The molecular formula is C25H23N3O6. The van der Waals surface area contributed by atoms with Crippen LogP contribution in [0.3, 0.4) is 0 Å². The summed E-state index contributed by atoms with van der Waals surface area (Å²) in [5.41, 5.74) is 1.40. The van der Waals surface area contributed by atoms with Gasteiger partial charge in [-0.2, -0.15) is 5.01 Å². The number of amides is 3. The minimum atomic E-state index is -0.960. The van der Waals surface area contributed by atoms with Crippen molar-refractivity contribution in [2.45, 2.75) is 26.7 Å². The summed E-state index contributed by atoms with van der Waals surface area (Å²) in [5.74, 6) is -3.89. The Hall–Kier alpha value is -4.14. The van der Waals surface area contributed by atoms with E-state index in [1.54, 1.807) is 24.3 Å². The van der Waals surface area contributed by atoms with Gasteiger partial charge in [-0.15, -0.1) is 0 Å². The van der Waals surface area contributed by atoms with Crippen LogP contribution in [0.5, 0.6) is 0 Å². The van der Waals surface area contributed by atoms with Gasteiger partial charge in [0.1, 0.15) is 12.1 Å². The van der Waals surface area contributed by atoms with Crippen LogP contribution in [0.25, 0.3) is 0 Å². The van der Waals surface area contributed by atoms with Gasteiger partial charge in [-0.1, -0.05) is 53.6 Å². The van der Waals surface area contributed by atoms with E-state index in [0.717, 1.165) is 27.2 Å². The van der Waals surface area contributed by atoms with Crippen LogP contribution in [-0.2, 0) is 9.59 Å². The van der Waals surface area contributed by atoms with E-state index in [-0.39, 0.29) is 5.56 Å². The van der Waals surface area contributed by atoms with Gasteiger partial charge in [-0.25, -0.2) is 5.01 Å². The number of imide groups is 1. The van der Waals surface area contributed by atoms with Crippen molar-refractivity contribution in [3.8, 4) is 0 Å². The molecule has 174 valence electrons. The van der Waals surface area contributed by atoms with Gasteiger partial charge in [0.05, 0.1) is 16.8 Å². The lowest BCUT2D eigenvalue weighted by atomic mass is 9.82. The number of carbonyl (C=O) groups is 4. The van der Waals surface area contributed by atoms with Gasteiger partial charge in [-0.3, -0.25) is 29.3 Å². The fourth-order valence-electron chi connectivity index (χ4n) is 4.41. The van der Waals surface area contributed by atoms with Gasteiger partial charge in [0.25, 0.3) is 23.4 Å². The summed E-state index contributed by atoms with van der Waals surface area (Å²) in [6.45, 7) is 3.11. The number of hydrazine groups is 1. The van der Waals surface area contributed by atoms with Crippen molar-refractivity contribution < 1.29 is 24.1 Å². The number of nitrogens with zero attached hydrogens (tertiary/aromatic N) is 3. The van der Waals surface area contributed by atoms with Gasteiger partial charge in [-0.05, 0) is 32.8 Å². The lowest BCUT2D eigenvalue weighted by molar-refractivity contribution is -0.385. The molecule has 0 unspecified atom stereocenters. The third-order valence-corrected chi connectivity index (χ3v) is 6.27. The predicted molar refractivity (Wildman–Crippen MR) is 121 cm³/mol. The monoisotopic (exact) mass is 461 g/mol. The first-order chi connectivity index (χ1) is 16.2. The highest BCUT2D eigenvalue weighted by Crippen LogP contribution is 2.39. The maximum atomic E-state index is 13.5. The molecule has 2 aliphatic rings. The van der Waals surface area contributed by atoms with Crippen LogP contribution in [0.2, 0.25) is 0 Å². The molecule has 0 N–H and O–H groups in total. The van der Waals surface area contributed by atoms with Crippen LogP contribution in [0.1, 0.15) is 46.0 Å². The number of carbonyl (C=O) groups excluding carboxylic acids is 4. The quantitative estimate of drug-likeness (QED) is 0.214. The van der Waals surface area contributed by atoms with E-state index >= 15 is 0 Å². The van der Waals surface area contributed by atoms with Crippen LogP contribution >= 0.6 is 0 Å². The van der Waals surface area contributed by atoms with E-state index < -0.39 is 52.5 Å². The van der Waals surface area contributed by atoms with Crippen molar-refractivity contribution in [2.75, 3.05) is 6.54 Å². The molecule has 0 radical (unpaired) electrons. The average molecular weight is 461 g/mol. The van der Waals surface area contributed by atoms with Gasteiger partial charge < -0.3 is 0 Å². The standard InChI is InChI=1S/C25H23N3O6/c1-15-7-10-17(11-8-15)22(29)14-26(23(30)19-5-3-4-6-21(19)28(33)34)27-24(31)18-12-9-16(2)13-20(18)25(27)32/h3-11,18,20H,12-14H2,1-2H3/t18-,20-/m0/s1. The number of nitro groups is 1. The Labute approximate surface area is 195 Å². The third-order valence-electron chi connectivity index (χ3n) is 6.27. The Morgan fingerprint density at radius 1 is 1.03 bits per heavy atom. The van der Waals surface area contributed by atoms with Crippen molar-refractivity contribution in [2.24, 2.45) is 11.8 Å². The summed E-state index contributed by atoms with van der Waals surface area (Å²) in [4.78, 5) is 64.0. The van der Waals surface area contributed by atoms with Gasteiger partial charge in [0, 0.05) is 11.6 Å². The van der Waals surface area contributed by atoms with E-state index in [2.05, 4.69) is 0 Å². The maximum Gasteiger partial charge on any atom is 0.282 e. The zero-order valence-electron chi connectivity index (χ0n) is 18.8. The average Bonchev–Trinajstić information content (AvgIpc) is 3.06. The molecule has 2 aromatic carbocycles. The second-order valence-electron chi connectivity index (χ2n) is 8.62. The summed E-state index contributed by atoms with van der Waals surface area (Å²) in [6.07, 6.45) is 2.63. The van der Waals surface area contributed by atoms with E-state index in [1.807, 2.05) is 19.9 Å². The SMILES string of the molecule is CC1=CC[C@@H]2C(=O)N(N(CC(=O)c3ccc(C)cc3)C(=O)c3ccccc3[N+](=O)[O-])C(=O)[C@H]2C1. The normalized spacial score (nSPS) is 19.5. The number of para-hydroxylation sites is 1. The highest BCUT2D eigenvalue weighted by atomic mass is 16.6. The zero-order valence-corrected chi connectivity index (χ0v) is 18.8. The molecule has 0 bridgehead atoms. The van der Waals surface area contributed by atoms with Crippen LogP contribution in [0, 0.1) is 28.9 Å². The minimum Gasteiger partial charge on any atom is -0.292 e. The molecule has 2 aromatic rings. The Morgan fingerprint density at radius 3 is 2.35 bits per heavy atom. The summed E-state index contributed by atoms with van der Waals surface area (Å²) >= 11 is 0. The number of benzene rings is 2. The molecule has 9 nitrogen and oxygen atoms in total. The van der Waals surface area contributed by atoms with Gasteiger partial charge >= 0.3 is 0 Å². The van der Waals surface area contributed by atoms with E-state index in [9.17, 15) is 29.3 Å². The van der Waals surface area contributed by atoms with Crippen molar-refractivity contribution in [1.29, 1.82) is 0 Å². The maximum absolute atomic E-state index is 13.5. The first-order valence-electron chi connectivity index (χ1n) is 10.9. The summed E-state index contributed by atoms with van der Waals surface area (Å²) in [6, 6.07) is 11.9.